The van der Waals surface area contributed by atoms with Gasteiger partial charge in [0.1, 0.15) is 6.04 Å². The molecule has 0 unspecified atom stereocenters. The number of hydrogen-bond donors (Lipinski definition) is 0. The Bertz CT molecular complexity index is 436. The Morgan fingerprint density at radius 3 is 2.00 bits per heavy atom. The van der Waals surface area contributed by atoms with Gasteiger partial charge >= 0.3 is 18.2 Å². The Kier molecular flexibility index (Phi) is 4.30. The number of carbonyl (C=O) groups is 3. The first-order valence-electron chi connectivity index (χ1n) is 5.86. The molecule has 1 aliphatic heterocycles. The van der Waals surface area contributed by atoms with Crippen LogP contribution in [0, 0.1) is 0 Å². The van der Waals surface area contributed by atoms with Gasteiger partial charge in [-0.25, -0.2) is 9.59 Å². The number of hydrogen-bond acceptors (Lipinski definition) is 5. The number of esters is 1. The van der Waals surface area contributed by atoms with Gasteiger partial charge in [-0.1, -0.05) is 0 Å². The molecule has 6 nitrogen and oxygen atoms in total. The first kappa shape index (κ1) is 16.3. The second-order valence-electron chi connectivity index (χ2n) is 4.07. The van der Waals surface area contributed by atoms with Crippen molar-refractivity contribution in [2.75, 3.05) is 13.2 Å². The highest BCUT2D eigenvalue weighted by atomic mass is 19.4. The Balaban J connectivity index is 3.25. The summed E-state index contributed by atoms with van der Waals surface area (Å²) in [5.74, 6) is -2.65. The van der Waals surface area contributed by atoms with Crippen LogP contribution >= 0.6 is 0 Å². The number of halogens is 3. The van der Waals surface area contributed by atoms with Gasteiger partial charge in [-0.2, -0.15) is 13.2 Å². The third kappa shape index (κ3) is 2.20. The minimum Gasteiger partial charge on any atom is -0.464 e. The average Bonchev–Trinajstić information content (AvgIpc) is 3.00. The van der Waals surface area contributed by atoms with E-state index in [9.17, 15) is 27.6 Å². The van der Waals surface area contributed by atoms with E-state index in [-0.39, 0.29) is 18.1 Å². The molecule has 1 amide bonds. The normalized spacial score (nSPS) is 25.1. The summed E-state index contributed by atoms with van der Waals surface area (Å²) < 4.78 is 48.5. The molecule has 0 bridgehead atoms. The van der Waals surface area contributed by atoms with Crippen LogP contribution in [0.3, 0.4) is 0 Å². The maximum Gasteiger partial charge on any atom is 0.425 e. The van der Waals surface area contributed by atoms with Crippen molar-refractivity contribution in [3.8, 4) is 0 Å². The number of ketones is 1. The van der Waals surface area contributed by atoms with E-state index in [2.05, 4.69) is 9.47 Å². The summed E-state index contributed by atoms with van der Waals surface area (Å²) in [5.41, 5.74) is -3.28. The largest absolute Gasteiger partial charge is 0.464 e. The summed E-state index contributed by atoms with van der Waals surface area (Å²) in [6.07, 6.45) is -6.51. The standard InChI is InChI=1S/C11H14F3NO5/c1-4-19-8(17)10(11(12,13)14)7(6(3)16)15(10)9(18)20-5-2/h7H,4-5H2,1-3H3/t7-,10-,15?/m1/s1. The van der Waals surface area contributed by atoms with Crippen molar-refractivity contribution in [2.24, 2.45) is 0 Å². The van der Waals surface area contributed by atoms with Crippen molar-refractivity contribution in [3.05, 3.63) is 0 Å². The average molecular weight is 297 g/mol. The second-order valence-corrected chi connectivity index (χ2v) is 4.07. The SMILES string of the molecule is CCOC(=O)N1[C@H](C(C)=O)[C@@]1(C(=O)OCC)C(F)(F)F. The summed E-state index contributed by atoms with van der Waals surface area (Å²) >= 11 is 0. The summed E-state index contributed by atoms with van der Waals surface area (Å²) in [4.78, 5) is 34.6. The topological polar surface area (TPSA) is 72.7 Å². The van der Waals surface area contributed by atoms with Crippen LogP contribution in [0.2, 0.25) is 0 Å². The van der Waals surface area contributed by atoms with Gasteiger partial charge in [-0.05, 0) is 20.8 Å². The fourth-order valence-electron chi connectivity index (χ4n) is 2.07. The first-order valence-corrected chi connectivity index (χ1v) is 5.86. The van der Waals surface area contributed by atoms with Crippen molar-refractivity contribution in [1.82, 2.24) is 4.90 Å². The molecule has 0 aromatic rings. The van der Waals surface area contributed by atoms with Crippen LogP contribution in [0.25, 0.3) is 0 Å². The van der Waals surface area contributed by atoms with Crippen molar-refractivity contribution in [2.45, 2.75) is 38.5 Å². The number of nitrogens with zero attached hydrogens (tertiary/aromatic N) is 1. The fourth-order valence-corrected chi connectivity index (χ4v) is 2.07. The van der Waals surface area contributed by atoms with Crippen LogP contribution in [-0.4, -0.2) is 53.7 Å². The van der Waals surface area contributed by atoms with E-state index < -0.39 is 35.6 Å². The molecule has 2 atom stereocenters. The molecule has 0 aromatic heterocycles. The molecular weight excluding hydrogens is 283 g/mol. The number of amides is 1. The van der Waals surface area contributed by atoms with E-state index in [0.29, 0.717) is 0 Å². The zero-order valence-corrected chi connectivity index (χ0v) is 11.1. The molecule has 1 heterocycles. The third-order valence-electron chi connectivity index (χ3n) is 2.83. The van der Waals surface area contributed by atoms with Gasteiger partial charge in [-0.15, -0.1) is 0 Å². The zero-order valence-electron chi connectivity index (χ0n) is 11.1. The van der Waals surface area contributed by atoms with Gasteiger partial charge in [0.05, 0.1) is 13.2 Å². The van der Waals surface area contributed by atoms with Gasteiger partial charge in [0, 0.05) is 0 Å². The summed E-state index contributed by atoms with van der Waals surface area (Å²) in [7, 11) is 0. The molecule has 20 heavy (non-hydrogen) atoms. The number of carbonyl (C=O) groups excluding carboxylic acids is 3. The molecule has 0 spiro atoms. The number of alkyl halides is 3. The highest BCUT2D eigenvalue weighted by Crippen LogP contribution is 2.54. The van der Waals surface area contributed by atoms with Crippen molar-refractivity contribution >= 4 is 17.8 Å². The van der Waals surface area contributed by atoms with Gasteiger partial charge in [0.15, 0.2) is 5.78 Å². The smallest absolute Gasteiger partial charge is 0.425 e. The maximum absolute atomic E-state index is 13.2. The highest BCUT2D eigenvalue weighted by Gasteiger charge is 2.87. The van der Waals surface area contributed by atoms with Gasteiger partial charge in [0.2, 0.25) is 0 Å². The lowest BCUT2D eigenvalue weighted by Crippen LogP contribution is -2.48. The van der Waals surface area contributed by atoms with Crippen LogP contribution < -0.4 is 0 Å². The quantitative estimate of drug-likeness (QED) is 0.577. The Morgan fingerprint density at radius 1 is 1.15 bits per heavy atom. The molecule has 0 aromatic carbocycles. The minimum absolute atomic E-state index is 0.0802. The first-order chi connectivity index (χ1) is 9.16. The van der Waals surface area contributed by atoms with E-state index in [4.69, 9.17) is 0 Å². The molecule has 0 radical (unpaired) electrons. The Labute approximate surface area is 112 Å². The molecule has 1 saturated heterocycles. The van der Waals surface area contributed by atoms with Crippen molar-refractivity contribution < 1.29 is 37.0 Å². The second kappa shape index (κ2) is 5.29. The van der Waals surface area contributed by atoms with E-state index in [1.165, 1.54) is 13.8 Å². The molecular formula is C11H14F3NO5. The van der Waals surface area contributed by atoms with Gasteiger partial charge < -0.3 is 9.47 Å². The number of ether oxygens (including phenoxy) is 2. The van der Waals surface area contributed by atoms with Crippen LogP contribution in [0.1, 0.15) is 20.8 Å². The lowest BCUT2D eigenvalue weighted by Gasteiger charge is -2.18. The predicted octanol–water partition coefficient (Wildman–Crippen LogP) is 1.28. The van der Waals surface area contributed by atoms with E-state index in [1.807, 2.05) is 0 Å². The maximum atomic E-state index is 13.2. The molecule has 1 rings (SSSR count). The minimum atomic E-state index is -5.14. The third-order valence-corrected chi connectivity index (χ3v) is 2.83. The number of rotatable bonds is 4. The predicted molar refractivity (Wildman–Crippen MR) is 58.7 cm³/mol. The van der Waals surface area contributed by atoms with Crippen LogP contribution in [0.5, 0.6) is 0 Å². The lowest BCUT2D eigenvalue weighted by atomic mass is 10.0. The van der Waals surface area contributed by atoms with E-state index in [0.717, 1.165) is 6.92 Å². The summed E-state index contributed by atoms with van der Waals surface area (Å²) in [6.45, 7) is 3.09. The molecule has 9 heteroatoms. The van der Waals surface area contributed by atoms with Gasteiger partial charge in [0.25, 0.3) is 5.54 Å². The molecule has 0 N–H and O–H groups in total. The summed E-state index contributed by atoms with van der Waals surface area (Å²) in [6, 6.07) is -1.94. The number of Topliss-reactive ketones (excluding diaryl/α,β-unsaturated/α-hetero) is 1. The molecule has 1 fully saturated rings. The highest BCUT2D eigenvalue weighted by molar-refractivity contribution is 6.05. The van der Waals surface area contributed by atoms with E-state index >= 15 is 0 Å². The van der Waals surface area contributed by atoms with Crippen molar-refractivity contribution in [3.63, 3.8) is 0 Å². The monoisotopic (exact) mass is 297 g/mol. The van der Waals surface area contributed by atoms with Crippen LogP contribution in [0.15, 0.2) is 0 Å². The molecule has 0 saturated carbocycles. The molecule has 114 valence electrons. The Morgan fingerprint density at radius 2 is 1.65 bits per heavy atom. The van der Waals surface area contributed by atoms with Crippen molar-refractivity contribution in [1.29, 1.82) is 0 Å². The fraction of sp³-hybridized carbons (Fsp3) is 0.727. The van der Waals surface area contributed by atoms with Gasteiger partial charge in [-0.3, -0.25) is 9.69 Å². The molecule has 1 aliphatic rings. The molecule has 0 aliphatic carbocycles. The Hall–Kier alpha value is -1.80. The zero-order chi connectivity index (χ0) is 15.7. The lowest BCUT2D eigenvalue weighted by molar-refractivity contribution is -0.194. The summed E-state index contributed by atoms with van der Waals surface area (Å²) in [5, 5.41) is 0. The van der Waals surface area contributed by atoms with Crippen LogP contribution in [0.4, 0.5) is 18.0 Å². The van der Waals surface area contributed by atoms with Crippen LogP contribution in [-0.2, 0) is 19.1 Å². The van der Waals surface area contributed by atoms with E-state index in [1.54, 1.807) is 0 Å².